The first-order valence-corrected chi connectivity index (χ1v) is 8.72. The standard InChI is InChI=1S/C19H16N2O4S/c1-11(17(23)21-18-15(16(20)22)9-10-26-18)25-19(24)14-8-4-6-12-5-2-3-7-13(12)14/h2-11H,1H3,(H2,20,22)(H,21,23)/t11-/m1/s1. The number of thiophene rings is 1. The number of rotatable bonds is 5. The molecule has 6 nitrogen and oxygen atoms in total. The first kappa shape index (κ1) is 17.6. The molecular formula is C19H16N2O4S. The molecule has 3 N–H and O–H groups in total. The van der Waals surface area contributed by atoms with Crippen molar-refractivity contribution in [2.45, 2.75) is 13.0 Å². The minimum Gasteiger partial charge on any atom is -0.449 e. The molecule has 0 fully saturated rings. The van der Waals surface area contributed by atoms with Crippen molar-refractivity contribution in [3.63, 3.8) is 0 Å². The molecule has 0 bridgehead atoms. The van der Waals surface area contributed by atoms with E-state index in [1.165, 1.54) is 24.3 Å². The van der Waals surface area contributed by atoms with Crippen LogP contribution in [-0.4, -0.2) is 23.9 Å². The number of esters is 1. The zero-order valence-corrected chi connectivity index (χ0v) is 14.7. The maximum atomic E-state index is 12.5. The Balaban J connectivity index is 1.73. The smallest absolute Gasteiger partial charge is 0.339 e. The summed E-state index contributed by atoms with van der Waals surface area (Å²) in [6, 6.07) is 14.3. The van der Waals surface area contributed by atoms with Gasteiger partial charge in [0.25, 0.3) is 11.8 Å². The number of hydrogen-bond donors (Lipinski definition) is 2. The van der Waals surface area contributed by atoms with Crippen molar-refractivity contribution in [3.8, 4) is 0 Å². The lowest BCUT2D eigenvalue weighted by molar-refractivity contribution is -0.123. The lowest BCUT2D eigenvalue weighted by Crippen LogP contribution is -2.30. The van der Waals surface area contributed by atoms with E-state index in [1.807, 2.05) is 30.3 Å². The maximum absolute atomic E-state index is 12.5. The molecule has 2 aromatic carbocycles. The zero-order chi connectivity index (χ0) is 18.7. The maximum Gasteiger partial charge on any atom is 0.339 e. The SMILES string of the molecule is C[C@@H](OC(=O)c1cccc2ccccc12)C(=O)Nc1sccc1C(N)=O. The van der Waals surface area contributed by atoms with Gasteiger partial charge in [-0.15, -0.1) is 11.3 Å². The van der Waals surface area contributed by atoms with E-state index in [0.29, 0.717) is 10.6 Å². The number of anilines is 1. The Bertz CT molecular complexity index is 991. The molecule has 3 aromatic rings. The van der Waals surface area contributed by atoms with E-state index < -0.39 is 23.9 Å². The second-order valence-corrected chi connectivity index (χ2v) is 6.51. The predicted molar refractivity (Wildman–Crippen MR) is 100 cm³/mol. The van der Waals surface area contributed by atoms with Gasteiger partial charge in [-0.05, 0) is 35.2 Å². The van der Waals surface area contributed by atoms with Gasteiger partial charge in [0.2, 0.25) is 0 Å². The van der Waals surface area contributed by atoms with Crippen LogP contribution in [0.3, 0.4) is 0 Å². The second-order valence-electron chi connectivity index (χ2n) is 5.59. The van der Waals surface area contributed by atoms with Gasteiger partial charge in [0.15, 0.2) is 6.10 Å². The molecule has 26 heavy (non-hydrogen) atoms. The van der Waals surface area contributed by atoms with Crippen LogP contribution in [0.2, 0.25) is 0 Å². The highest BCUT2D eigenvalue weighted by atomic mass is 32.1. The molecule has 0 saturated carbocycles. The minimum absolute atomic E-state index is 0.218. The first-order valence-electron chi connectivity index (χ1n) is 7.84. The van der Waals surface area contributed by atoms with Crippen molar-refractivity contribution in [1.82, 2.24) is 0 Å². The van der Waals surface area contributed by atoms with Gasteiger partial charge in [-0.2, -0.15) is 0 Å². The summed E-state index contributed by atoms with van der Waals surface area (Å²) in [6.45, 7) is 1.47. The topological polar surface area (TPSA) is 98.5 Å². The highest BCUT2D eigenvalue weighted by molar-refractivity contribution is 7.14. The number of carbonyl (C=O) groups excluding carboxylic acids is 3. The quantitative estimate of drug-likeness (QED) is 0.676. The summed E-state index contributed by atoms with van der Waals surface area (Å²) in [7, 11) is 0. The van der Waals surface area contributed by atoms with E-state index in [-0.39, 0.29) is 5.56 Å². The molecule has 1 heterocycles. The minimum atomic E-state index is -1.04. The van der Waals surface area contributed by atoms with E-state index in [0.717, 1.165) is 10.8 Å². The molecule has 0 aliphatic heterocycles. The molecular weight excluding hydrogens is 352 g/mol. The summed E-state index contributed by atoms with van der Waals surface area (Å²) >= 11 is 1.17. The van der Waals surface area contributed by atoms with Crippen LogP contribution in [0.15, 0.2) is 53.9 Å². The summed E-state index contributed by atoms with van der Waals surface area (Å²) in [6.07, 6.45) is -1.04. The van der Waals surface area contributed by atoms with Crippen molar-refractivity contribution in [2.24, 2.45) is 5.73 Å². The van der Waals surface area contributed by atoms with E-state index in [1.54, 1.807) is 17.5 Å². The molecule has 2 amide bonds. The molecule has 0 saturated heterocycles. The highest BCUT2D eigenvalue weighted by Gasteiger charge is 2.22. The third kappa shape index (κ3) is 3.57. The fourth-order valence-corrected chi connectivity index (χ4v) is 3.29. The Morgan fingerprint density at radius 3 is 2.54 bits per heavy atom. The highest BCUT2D eigenvalue weighted by Crippen LogP contribution is 2.23. The van der Waals surface area contributed by atoms with Crippen LogP contribution in [0.25, 0.3) is 10.8 Å². The average Bonchev–Trinajstić information content (AvgIpc) is 3.09. The number of carbonyl (C=O) groups is 3. The number of benzene rings is 2. The second kappa shape index (κ2) is 7.37. The molecule has 0 aliphatic rings. The summed E-state index contributed by atoms with van der Waals surface area (Å²) in [4.78, 5) is 36.1. The average molecular weight is 368 g/mol. The van der Waals surface area contributed by atoms with Gasteiger partial charge < -0.3 is 15.8 Å². The summed E-state index contributed by atoms with van der Waals surface area (Å²) in [5, 5.41) is 6.20. The number of nitrogens with two attached hydrogens (primary N) is 1. The van der Waals surface area contributed by atoms with E-state index in [4.69, 9.17) is 10.5 Å². The Labute approximate surface area is 153 Å². The third-order valence-electron chi connectivity index (χ3n) is 3.83. The molecule has 7 heteroatoms. The summed E-state index contributed by atoms with van der Waals surface area (Å²) < 4.78 is 5.29. The molecule has 0 spiro atoms. The summed E-state index contributed by atoms with van der Waals surface area (Å²) in [5.74, 6) is -1.77. The van der Waals surface area contributed by atoms with Crippen LogP contribution >= 0.6 is 11.3 Å². The number of fused-ring (bicyclic) bond motifs is 1. The fraction of sp³-hybridized carbons (Fsp3) is 0.105. The van der Waals surface area contributed by atoms with Crippen LogP contribution in [0, 0.1) is 0 Å². The Kier molecular flexibility index (Phi) is 4.99. The number of primary amides is 1. The molecule has 0 unspecified atom stereocenters. The van der Waals surface area contributed by atoms with E-state index in [9.17, 15) is 14.4 Å². The molecule has 0 aliphatic carbocycles. The van der Waals surface area contributed by atoms with Crippen LogP contribution < -0.4 is 11.1 Å². The van der Waals surface area contributed by atoms with Crippen LogP contribution in [0.4, 0.5) is 5.00 Å². The zero-order valence-electron chi connectivity index (χ0n) is 13.9. The van der Waals surface area contributed by atoms with Crippen molar-refractivity contribution in [1.29, 1.82) is 0 Å². The van der Waals surface area contributed by atoms with Crippen LogP contribution in [0.1, 0.15) is 27.6 Å². The van der Waals surface area contributed by atoms with Gasteiger partial charge >= 0.3 is 5.97 Å². The van der Waals surface area contributed by atoms with E-state index in [2.05, 4.69) is 5.32 Å². The molecule has 132 valence electrons. The lowest BCUT2D eigenvalue weighted by Gasteiger charge is -2.14. The van der Waals surface area contributed by atoms with Gasteiger partial charge in [0, 0.05) is 0 Å². The first-order chi connectivity index (χ1) is 12.5. The number of amides is 2. The van der Waals surface area contributed by atoms with Crippen LogP contribution in [0.5, 0.6) is 0 Å². The van der Waals surface area contributed by atoms with Crippen LogP contribution in [-0.2, 0) is 9.53 Å². The summed E-state index contributed by atoms with van der Waals surface area (Å²) in [5.41, 5.74) is 5.86. The van der Waals surface area contributed by atoms with Crippen molar-refractivity contribution in [3.05, 3.63) is 65.0 Å². The van der Waals surface area contributed by atoms with Gasteiger partial charge in [-0.1, -0.05) is 36.4 Å². The van der Waals surface area contributed by atoms with Gasteiger partial charge in [0.05, 0.1) is 11.1 Å². The van der Waals surface area contributed by atoms with Gasteiger partial charge in [-0.3, -0.25) is 9.59 Å². The number of hydrogen-bond acceptors (Lipinski definition) is 5. The monoisotopic (exact) mass is 368 g/mol. The molecule has 1 atom stereocenters. The predicted octanol–water partition coefficient (Wildman–Crippen LogP) is 3.18. The largest absolute Gasteiger partial charge is 0.449 e. The van der Waals surface area contributed by atoms with Crippen molar-refractivity contribution in [2.75, 3.05) is 5.32 Å². The number of ether oxygens (including phenoxy) is 1. The Hall–Kier alpha value is -3.19. The number of nitrogens with one attached hydrogen (secondary N) is 1. The fourth-order valence-electron chi connectivity index (χ4n) is 2.49. The molecule has 1 aromatic heterocycles. The van der Waals surface area contributed by atoms with Gasteiger partial charge in [-0.25, -0.2) is 4.79 Å². The Morgan fingerprint density at radius 2 is 1.77 bits per heavy atom. The van der Waals surface area contributed by atoms with Gasteiger partial charge in [0.1, 0.15) is 5.00 Å². The molecule has 3 rings (SSSR count). The van der Waals surface area contributed by atoms with Crippen molar-refractivity contribution < 1.29 is 19.1 Å². The van der Waals surface area contributed by atoms with Crippen molar-refractivity contribution >= 4 is 44.9 Å². The molecule has 0 radical (unpaired) electrons. The lowest BCUT2D eigenvalue weighted by atomic mass is 10.0. The normalized spacial score (nSPS) is 11.7. The third-order valence-corrected chi connectivity index (χ3v) is 4.66. The Morgan fingerprint density at radius 1 is 1.04 bits per heavy atom. The van der Waals surface area contributed by atoms with E-state index >= 15 is 0 Å².